The van der Waals surface area contributed by atoms with Gasteiger partial charge in [0.1, 0.15) is 17.8 Å². The van der Waals surface area contributed by atoms with Crippen molar-refractivity contribution < 1.29 is 14.4 Å². The number of hydrogen-bond acceptors (Lipinski definition) is 7. The lowest BCUT2D eigenvalue weighted by Gasteiger charge is -2.10. The fraction of sp³-hybridized carbons (Fsp3) is 0.158. The number of aromatic nitrogens is 2. The molecule has 28 heavy (non-hydrogen) atoms. The van der Waals surface area contributed by atoms with Crippen molar-refractivity contribution >= 4 is 28.8 Å². The van der Waals surface area contributed by atoms with Gasteiger partial charge in [-0.15, -0.1) is 0 Å². The van der Waals surface area contributed by atoms with E-state index in [2.05, 4.69) is 15.3 Å². The molecule has 0 saturated heterocycles. The molecule has 0 aliphatic rings. The maximum atomic E-state index is 11.6. The smallest absolute Gasteiger partial charge is 0.373 e. The normalized spacial score (nSPS) is 10.4. The van der Waals surface area contributed by atoms with Crippen LogP contribution < -0.4 is 14.8 Å². The van der Waals surface area contributed by atoms with Crippen LogP contribution in [0.2, 0.25) is 5.02 Å². The van der Waals surface area contributed by atoms with Gasteiger partial charge < -0.3 is 14.8 Å². The zero-order valence-electron chi connectivity index (χ0n) is 15.2. The van der Waals surface area contributed by atoms with E-state index in [1.54, 1.807) is 42.5 Å². The van der Waals surface area contributed by atoms with Gasteiger partial charge in [-0.05, 0) is 61.9 Å². The minimum absolute atomic E-state index is 0.0184. The van der Waals surface area contributed by atoms with Gasteiger partial charge >= 0.3 is 11.6 Å². The van der Waals surface area contributed by atoms with Crippen LogP contribution in [0.1, 0.15) is 12.5 Å². The molecule has 0 amide bonds. The molecule has 0 saturated carbocycles. The Morgan fingerprint density at radius 1 is 1.14 bits per heavy atom. The fourth-order valence-electron chi connectivity index (χ4n) is 2.42. The molecule has 1 heterocycles. The lowest BCUT2D eigenvalue weighted by molar-refractivity contribution is -0.385. The minimum atomic E-state index is -0.588. The molecule has 1 aromatic heterocycles. The first-order valence-corrected chi connectivity index (χ1v) is 8.79. The van der Waals surface area contributed by atoms with E-state index in [1.165, 1.54) is 6.33 Å². The summed E-state index contributed by atoms with van der Waals surface area (Å²) in [5, 5.41) is 15.1. The van der Waals surface area contributed by atoms with E-state index in [9.17, 15) is 10.1 Å². The second-order valence-electron chi connectivity index (χ2n) is 5.73. The van der Waals surface area contributed by atoms with Crippen LogP contribution in [-0.4, -0.2) is 21.5 Å². The molecule has 144 valence electrons. The van der Waals surface area contributed by atoms with Gasteiger partial charge in [0, 0.05) is 10.7 Å². The van der Waals surface area contributed by atoms with Gasteiger partial charge in [-0.25, -0.2) is 4.98 Å². The van der Waals surface area contributed by atoms with Crippen LogP contribution in [0, 0.1) is 17.0 Å². The first-order valence-electron chi connectivity index (χ1n) is 8.41. The van der Waals surface area contributed by atoms with Gasteiger partial charge in [0.25, 0.3) is 0 Å². The summed E-state index contributed by atoms with van der Waals surface area (Å²) < 4.78 is 11.0. The molecule has 0 bridgehead atoms. The molecule has 0 aliphatic heterocycles. The van der Waals surface area contributed by atoms with E-state index in [4.69, 9.17) is 21.1 Å². The molecular weight excluding hydrogens is 384 g/mol. The molecule has 0 aliphatic carbocycles. The third kappa shape index (κ3) is 4.47. The lowest BCUT2D eigenvalue weighted by atomic mass is 10.2. The molecule has 0 unspecified atom stereocenters. The molecule has 0 atom stereocenters. The van der Waals surface area contributed by atoms with Crippen LogP contribution in [0.15, 0.2) is 48.8 Å². The summed E-state index contributed by atoms with van der Waals surface area (Å²) in [5.41, 5.74) is 1.02. The topological polar surface area (TPSA) is 99.4 Å². The maximum absolute atomic E-state index is 11.6. The molecule has 9 heteroatoms. The number of hydrogen-bond donors (Lipinski definition) is 1. The predicted molar refractivity (Wildman–Crippen MR) is 106 cm³/mol. The molecule has 1 N–H and O–H groups in total. The quantitative estimate of drug-likeness (QED) is 0.425. The van der Waals surface area contributed by atoms with E-state index in [-0.39, 0.29) is 17.4 Å². The predicted octanol–water partition coefficient (Wildman–Crippen LogP) is 5.28. The van der Waals surface area contributed by atoms with Crippen LogP contribution in [0.25, 0.3) is 0 Å². The molecule has 3 aromatic rings. The standard InChI is InChI=1S/C19H17ClN4O4/c1-3-27-14-6-4-13(5-7-14)23-18-17(24(25)26)19(22-11-21-18)28-15-8-9-16(20)12(2)10-15/h4-11H,3H2,1-2H3,(H,21,22,23). The minimum Gasteiger partial charge on any atom is -0.494 e. The highest BCUT2D eigenvalue weighted by atomic mass is 35.5. The van der Waals surface area contributed by atoms with Gasteiger partial charge in [0.15, 0.2) is 0 Å². The average molecular weight is 401 g/mol. The third-order valence-corrected chi connectivity index (χ3v) is 4.17. The van der Waals surface area contributed by atoms with Gasteiger partial charge in [-0.2, -0.15) is 4.98 Å². The summed E-state index contributed by atoms with van der Waals surface area (Å²) in [6.07, 6.45) is 1.20. The molecule has 0 radical (unpaired) electrons. The Morgan fingerprint density at radius 3 is 2.50 bits per heavy atom. The Balaban J connectivity index is 1.90. The van der Waals surface area contributed by atoms with Crippen molar-refractivity contribution in [3.8, 4) is 17.4 Å². The fourth-order valence-corrected chi connectivity index (χ4v) is 2.54. The first-order chi connectivity index (χ1) is 13.5. The van der Waals surface area contributed by atoms with Crippen molar-refractivity contribution in [1.29, 1.82) is 0 Å². The van der Waals surface area contributed by atoms with E-state index in [0.29, 0.717) is 28.8 Å². The Kier molecular flexibility index (Phi) is 5.90. The van der Waals surface area contributed by atoms with Crippen molar-refractivity contribution in [3.63, 3.8) is 0 Å². The van der Waals surface area contributed by atoms with Crippen LogP contribution in [0.4, 0.5) is 17.2 Å². The maximum Gasteiger partial charge on any atom is 0.373 e. The number of nitrogens with one attached hydrogen (secondary N) is 1. The third-order valence-electron chi connectivity index (χ3n) is 3.74. The summed E-state index contributed by atoms with van der Waals surface area (Å²) in [5.74, 6) is 0.933. The zero-order valence-corrected chi connectivity index (χ0v) is 15.9. The van der Waals surface area contributed by atoms with Crippen molar-refractivity contribution in [1.82, 2.24) is 9.97 Å². The SMILES string of the molecule is CCOc1ccc(Nc2ncnc(Oc3ccc(Cl)c(C)c3)c2[N+](=O)[O-])cc1. The van der Waals surface area contributed by atoms with E-state index < -0.39 is 4.92 Å². The number of nitrogens with zero attached hydrogens (tertiary/aromatic N) is 3. The summed E-state index contributed by atoms with van der Waals surface area (Å²) in [7, 11) is 0. The Bertz CT molecular complexity index is 996. The highest BCUT2D eigenvalue weighted by molar-refractivity contribution is 6.31. The number of nitro groups is 1. The van der Waals surface area contributed by atoms with Crippen molar-refractivity contribution in [2.45, 2.75) is 13.8 Å². The molecular formula is C19H17ClN4O4. The van der Waals surface area contributed by atoms with Crippen molar-refractivity contribution in [3.05, 3.63) is 69.5 Å². The Morgan fingerprint density at radius 2 is 1.86 bits per heavy atom. The summed E-state index contributed by atoms with van der Waals surface area (Å²) in [6.45, 7) is 4.25. The number of benzene rings is 2. The van der Waals surface area contributed by atoms with Gasteiger partial charge in [-0.3, -0.25) is 10.1 Å². The second kappa shape index (κ2) is 8.53. The first kappa shape index (κ1) is 19.4. The number of aryl methyl sites for hydroxylation is 1. The summed E-state index contributed by atoms with van der Waals surface area (Å²) in [4.78, 5) is 19.0. The molecule has 3 rings (SSSR count). The number of rotatable bonds is 7. The van der Waals surface area contributed by atoms with Crippen LogP contribution in [0.5, 0.6) is 17.4 Å². The summed E-state index contributed by atoms with van der Waals surface area (Å²) in [6, 6.07) is 11.9. The highest BCUT2D eigenvalue weighted by Crippen LogP contribution is 2.36. The van der Waals surface area contributed by atoms with Crippen molar-refractivity contribution in [2.75, 3.05) is 11.9 Å². The van der Waals surface area contributed by atoms with Gasteiger partial charge in [-0.1, -0.05) is 11.6 Å². The van der Waals surface area contributed by atoms with E-state index in [1.807, 2.05) is 13.8 Å². The highest BCUT2D eigenvalue weighted by Gasteiger charge is 2.25. The van der Waals surface area contributed by atoms with E-state index in [0.717, 1.165) is 5.56 Å². The van der Waals surface area contributed by atoms with Crippen LogP contribution >= 0.6 is 11.6 Å². The molecule has 0 fully saturated rings. The number of ether oxygens (including phenoxy) is 2. The van der Waals surface area contributed by atoms with E-state index >= 15 is 0 Å². The van der Waals surface area contributed by atoms with Gasteiger partial charge in [0.2, 0.25) is 5.82 Å². The largest absolute Gasteiger partial charge is 0.494 e. The monoisotopic (exact) mass is 400 g/mol. The lowest BCUT2D eigenvalue weighted by Crippen LogP contribution is -2.03. The zero-order chi connectivity index (χ0) is 20.1. The van der Waals surface area contributed by atoms with Gasteiger partial charge in [0.05, 0.1) is 11.5 Å². The Labute approximate surface area is 166 Å². The van der Waals surface area contributed by atoms with Crippen LogP contribution in [0.3, 0.4) is 0 Å². The second-order valence-corrected chi connectivity index (χ2v) is 6.14. The molecule has 8 nitrogen and oxygen atoms in total. The number of anilines is 2. The average Bonchev–Trinajstić information content (AvgIpc) is 2.66. The number of halogens is 1. The Hall–Kier alpha value is -3.39. The summed E-state index contributed by atoms with van der Waals surface area (Å²) >= 11 is 6.00. The molecule has 0 spiro atoms. The van der Waals surface area contributed by atoms with Crippen LogP contribution in [-0.2, 0) is 0 Å². The van der Waals surface area contributed by atoms with Crippen molar-refractivity contribution in [2.24, 2.45) is 0 Å². The molecule has 2 aromatic carbocycles.